The fourth-order valence-corrected chi connectivity index (χ4v) is 0. The topological polar surface area (TPSA) is 20.2 Å². The molecule has 0 atom stereocenters. The van der Waals surface area contributed by atoms with Crippen LogP contribution in [0.2, 0.25) is 0 Å². The molecule has 1 heteroatoms. The Morgan fingerprint density at radius 2 is 0.731 bits per heavy atom. The molecule has 0 saturated carbocycles. The van der Waals surface area contributed by atoms with E-state index in [1.807, 2.05) is 6.92 Å². The molecule has 0 aromatic rings. The number of hydrogen-bond acceptors (Lipinski definition) is 1. The van der Waals surface area contributed by atoms with Crippen molar-refractivity contribution < 1.29 is 5.11 Å². The summed E-state index contributed by atoms with van der Waals surface area (Å²) in [7, 11) is 0. The SMILES string of the molecule is C#C.C=C.CC(C)(C)C.CC(C)C.CCC.CCC.CCC.CCCO. The number of aliphatic hydroxyl groups is 1. The Morgan fingerprint density at radius 3 is 0.731 bits per heavy atom. The normalized spacial score (nSPS) is 7.15. The first-order valence-electron chi connectivity index (χ1n) is 10.3. The Balaban J connectivity index is -0.0000000242. The lowest BCUT2D eigenvalue weighted by Gasteiger charge is -2.05. The highest BCUT2D eigenvalue weighted by Gasteiger charge is 1.95. The Kier molecular flexibility index (Phi) is 143. The third-order valence-corrected chi connectivity index (χ3v) is 0.224. The van der Waals surface area contributed by atoms with E-state index in [9.17, 15) is 0 Å². The highest BCUT2D eigenvalue weighted by Crippen LogP contribution is 2.08. The van der Waals surface area contributed by atoms with Crippen molar-refractivity contribution in [3.05, 3.63) is 13.2 Å². The second-order valence-corrected chi connectivity index (χ2v) is 7.58. The summed E-state index contributed by atoms with van der Waals surface area (Å²) in [5.41, 5.74) is 0.500. The molecule has 0 fully saturated rings. The van der Waals surface area contributed by atoms with E-state index in [2.05, 4.69) is 116 Å². The smallest absolute Gasteiger partial charge is 0.0428 e. The molecular weight excluding hydrogens is 316 g/mol. The molecule has 1 N–H and O–H groups in total. The maximum Gasteiger partial charge on any atom is 0.0428 e. The standard InChI is InChI=1S/C5H12.C4H10.C3H8O.3C3H8.C2H4.C2H2/c1-5(2,3)4;1-4(2)3;1-2-3-4;3*1-3-2;2*1-2/h1-4H3;4H,1-3H3;4H,2-3H2,1H3;3*3H2,1-2H3;1-2H2;1-2H. The number of hydrogen-bond donors (Lipinski definition) is 1. The van der Waals surface area contributed by atoms with Gasteiger partial charge >= 0.3 is 0 Å². The van der Waals surface area contributed by atoms with E-state index in [4.69, 9.17) is 5.11 Å². The van der Waals surface area contributed by atoms with Gasteiger partial charge in [0.05, 0.1) is 0 Å². The zero-order valence-electron chi connectivity index (χ0n) is 21.6. The van der Waals surface area contributed by atoms with E-state index in [0.717, 1.165) is 12.3 Å². The Morgan fingerprint density at radius 1 is 0.692 bits per heavy atom. The van der Waals surface area contributed by atoms with Crippen LogP contribution in [-0.2, 0) is 0 Å². The molecule has 0 aliphatic rings. The molecular formula is C25H60O. The quantitative estimate of drug-likeness (QED) is 0.357. The lowest BCUT2D eigenvalue weighted by molar-refractivity contribution is 0.295. The molecule has 0 aromatic carbocycles. The second-order valence-electron chi connectivity index (χ2n) is 7.58. The fourth-order valence-electron chi connectivity index (χ4n) is 0. The highest BCUT2D eigenvalue weighted by molar-refractivity contribution is 4.47. The van der Waals surface area contributed by atoms with Crippen molar-refractivity contribution in [1.29, 1.82) is 0 Å². The number of aliphatic hydroxyl groups excluding tert-OH is 1. The molecule has 0 rings (SSSR count). The Labute approximate surface area is 172 Å². The van der Waals surface area contributed by atoms with Crippen molar-refractivity contribution in [2.24, 2.45) is 11.3 Å². The van der Waals surface area contributed by atoms with Crippen LogP contribution in [0, 0.1) is 24.2 Å². The first kappa shape index (κ1) is 49.9. The highest BCUT2D eigenvalue weighted by atomic mass is 16.2. The van der Waals surface area contributed by atoms with Gasteiger partial charge in [-0.15, -0.1) is 26.0 Å². The maximum absolute atomic E-state index is 7.88. The average Bonchev–Trinajstić information content (AvgIpc) is 2.51. The zero-order chi connectivity index (χ0) is 23.6. The van der Waals surface area contributed by atoms with Crippen LogP contribution in [0.4, 0.5) is 0 Å². The predicted molar refractivity (Wildman–Crippen MR) is 132 cm³/mol. The Hall–Kier alpha value is -0.740. The Bertz CT molecular complexity index is 124. The van der Waals surface area contributed by atoms with E-state index >= 15 is 0 Å². The van der Waals surface area contributed by atoms with Crippen molar-refractivity contribution in [3.8, 4) is 12.8 Å². The van der Waals surface area contributed by atoms with Crippen molar-refractivity contribution in [3.63, 3.8) is 0 Å². The van der Waals surface area contributed by atoms with Crippen LogP contribution in [0.1, 0.15) is 123 Å². The molecule has 0 aliphatic heterocycles. The molecule has 0 unspecified atom stereocenters. The summed E-state index contributed by atoms with van der Waals surface area (Å²) in [6, 6.07) is 0. The van der Waals surface area contributed by atoms with Gasteiger partial charge in [0, 0.05) is 6.61 Å². The molecule has 0 amide bonds. The molecule has 0 aliphatic carbocycles. The summed E-state index contributed by atoms with van der Waals surface area (Å²) >= 11 is 0. The lowest BCUT2D eigenvalue weighted by atomic mass is 10.0. The van der Waals surface area contributed by atoms with Crippen molar-refractivity contribution in [2.75, 3.05) is 6.61 Å². The number of rotatable bonds is 1. The van der Waals surface area contributed by atoms with Gasteiger partial charge in [-0.2, -0.15) is 0 Å². The van der Waals surface area contributed by atoms with Gasteiger partial charge in [0.1, 0.15) is 0 Å². The summed E-state index contributed by atoms with van der Waals surface area (Å²) < 4.78 is 0. The van der Waals surface area contributed by atoms with Crippen molar-refractivity contribution in [2.45, 2.75) is 123 Å². The van der Waals surface area contributed by atoms with Gasteiger partial charge in [-0.1, -0.05) is 116 Å². The van der Waals surface area contributed by atoms with Gasteiger partial charge in [0.25, 0.3) is 0 Å². The van der Waals surface area contributed by atoms with Crippen molar-refractivity contribution >= 4 is 0 Å². The molecule has 0 bridgehead atoms. The average molecular weight is 377 g/mol. The molecule has 26 heavy (non-hydrogen) atoms. The molecule has 0 heterocycles. The first-order valence-corrected chi connectivity index (χ1v) is 10.3. The molecule has 0 saturated heterocycles. The molecule has 1 nitrogen and oxygen atoms in total. The van der Waals surface area contributed by atoms with E-state index in [1.165, 1.54) is 19.3 Å². The second kappa shape index (κ2) is 74.6. The minimum atomic E-state index is 0.319. The predicted octanol–water partition coefficient (Wildman–Crippen LogP) is 9.40. The van der Waals surface area contributed by atoms with Crippen LogP contribution in [0.25, 0.3) is 0 Å². The third-order valence-electron chi connectivity index (χ3n) is 0.224. The van der Waals surface area contributed by atoms with Gasteiger partial charge in [-0.05, 0) is 17.8 Å². The minimum Gasteiger partial charge on any atom is -0.396 e. The summed E-state index contributed by atoms with van der Waals surface area (Å²) in [6.45, 7) is 36.2. The van der Waals surface area contributed by atoms with Gasteiger partial charge in [0.2, 0.25) is 0 Å². The van der Waals surface area contributed by atoms with E-state index in [0.29, 0.717) is 12.0 Å². The molecule has 0 radical (unpaired) electrons. The van der Waals surface area contributed by atoms with Gasteiger partial charge in [-0.25, -0.2) is 0 Å². The van der Waals surface area contributed by atoms with Gasteiger partial charge in [-0.3, -0.25) is 0 Å². The zero-order valence-corrected chi connectivity index (χ0v) is 21.6. The summed E-state index contributed by atoms with van der Waals surface area (Å²) in [6.07, 6.45) is 12.6. The van der Waals surface area contributed by atoms with Crippen molar-refractivity contribution in [1.82, 2.24) is 0 Å². The largest absolute Gasteiger partial charge is 0.396 e. The van der Waals surface area contributed by atoms with E-state index in [1.54, 1.807) is 0 Å². The summed E-state index contributed by atoms with van der Waals surface area (Å²) in [4.78, 5) is 0. The third kappa shape index (κ3) is 170000. The van der Waals surface area contributed by atoms with Crippen LogP contribution < -0.4 is 0 Å². The van der Waals surface area contributed by atoms with Crippen LogP contribution >= 0.6 is 0 Å². The molecule has 0 aromatic heterocycles. The monoisotopic (exact) mass is 376 g/mol. The van der Waals surface area contributed by atoms with Crippen LogP contribution in [0.3, 0.4) is 0 Å². The lowest BCUT2D eigenvalue weighted by Crippen LogP contribution is -1.93. The van der Waals surface area contributed by atoms with E-state index < -0.39 is 0 Å². The minimum absolute atomic E-state index is 0.319. The van der Waals surface area contributed by atoms with Crippen LogP contribution in [0.15, 0.2) is 13.2 Å². The molecule has 166 valence electrons. The van der Waals surface area contributed by atoms with Crippen LogP contribution in [-0.4, -0.2) is 11.7 Å². The summed E-state index contributed by atoms with van der Waals surface area (Å²) in [5, 5.41) is 7.88. The first-order chi connectivity index (χ1) is 11.9. The summed E-state index contributed by atoms with van der Waals surface area (Å²) in [5.74, 6) is 0.833. The number of terminal acetylenes is 1. The van der Waals surface area contributed by atoms with E-state index in [-0.39, 0.29) is 0 Å². The fraction of sp³-hybridized carbons (Fsp3) is 0.840. The maximum atomic E-state index is 7.88. The molecule has 0 spiro atoms. The van der Waals surface area contributed by atoms with Gasteiger partial charge < -0.3 is 5.11 Å². The van der Waals surface area contributed by atoms with Crippen LogP contribution in [0.5, 0.6) is 0 Å². The van der Waals surface area contributed by atoms with Gasteiger partial charge in [0.15, 0.2) is 0 Å².